The molecule has 0 saturated heterocycles. The van der Waals surface area contributed by atoms with E-state index in [1.165, 1.54) is 11.6 Å². The Kier molecular flexibility index (Phi) is 4.15. The molecule has 114 valence electrons. The summed E-state index contributed by atoms with van der Waals surface area (Å²) in [6.45, 7) is 4.30. The van der Waals surface area contributed by atoms with E-state index in [0.717, 1.165) is 16.6 Å². The van der Waals surface area contributed by atoms with Gasteiger partial charge in [-0.15, -0.1) is 0 Å². The predicted octanol–water partition coefficient (Wildman–Crippen LogP) is 0.435. The Morgan fingerprint density at radius 3 is 2.76 bits per heavy atom. The molecule has 0 aromatic carbocycles. The molecule has 0 fully saturated rings. The van der Waals surface area contributed by atoms with Gasteiger partial charge < -0.3 is 11.1 Å². The van der Waals surface area contributed by atoms with Crippen LogP contribution in [0.15, 0.2) is 22.0 Å². The fraction of sp³-hybridized carbons (Fsp3) is 0.462. The van der Waals surface area contributed by atoms with E-state index in [-0.39, 0.29) is 17.5 Å². The van der Waals surface area contributed by atoms with E-state index in [9.17, 15) is 9.59 Å². The van der Waals surface area contributed by atoms with Crippen LogP contribution in [0.2, 0.25) is 0 Å². The molecule has 21 heavy (non-hydrogen) atoms. The molecule has 0 aliphatic rings. The zero-order valence-electron chi connectivity index (χ0n) is 12.4. The third-order valence-corrected chi connectivity index (χ3v) is 3.41. The quantitative estimate of drug-likeness (QED) is 0.740. The lowest BCUT2D eigenvalue weighted by Crippen LogP contribution is -2.41. The fourth-order valence-corrected chi connectivity index (χ4v) is 2.16. The Bertz CT molecular complexity index is 728. The van der Waals surface area contributed by atoms with Crippen molar-refractivity contribution in [2.75, 3.05) is 11.1 Å². The van der Waals surface area contributed by atoms with Crippen LogP contribution in [0.4, 0.5) is 11.5 Å². The molecule has 2 rings (SSSR count). The minimum absolute atomic E-state index is 0.161. The van der Waals surface area contributed by atoms with Gasteiger partial charge in [0.15, 0.2) is 0 Å². The molecule has 2 aromatic heterocycles. The summed E-state index contributed by atoms with van der Waals surface area (Å²) in [5, 5.41) is 9.66. The zero-order valence-corrected chi connectivity index (χ0v) is 12.4. The average molecular weight is 292 g/mol. The summed E-state index contributed by atoms with van der Waals surface area (Å²) in [5.41, 5.74) is 6.30. The third-order valence-electron chi connectivity index (χ3n) is 3.41. The molecule has 0 spiro atoms. The molecule has 0 bridgehead atoms. The Balaban J connectivity index is 2.48. The van der Waals surface area contributed by atoms with Crippen molar-refractivity contribution >= 4 is 11.5 Å². The van der Waals surface area contributed by atoms with Crippen LogP contribution in [0.5, 0.6) is 0 Å². The van der Waals surface area contributed by atoms with Gasteiger partial charge in [-0.3, -0.25) is 19.0 Å². The standard InChI is InChI=1S/C13H20N6O2/c1-4-5-19-11(14)10(12(20)18(3)13(19)21)17-8(2)9-6-15-16-7-9/h6-8,17H,4-5,14H2,1-3H3,(H,15,16). The molecule has 0 radical (unpaired) electrons. The number of hydrogen-bond acceptors (Lipinski definition) is 5. The van der Waals surface area contributed by atoms with Gasteiger partial charge in [0.25, 0.3) is 5.56 Å². The number of anilines is 2. The van der Waals surface area contributed by atoms with E-state index in [0.29, 0.717) is 6.54 Å². The molecule has 8 nitrogen and oxygen atoms in total. The smallest absolute Gasteiger partial charge is 0.332 e. The largest absolute Gasteiger partial charge is 0.383 e. The second-order valence-electron chi connectivity index (χ2n) is 4.96. The summed E-state index contributed by atoms with van der Waals surface area (Å²) in [4.78, 5) is 24.3. The van der Waals surface area contributed by atoms with Gasteiger partial charge in [0.2, 0.25) is 0 Å². The highest BCUT2D eigenvalue weighted by Crippen LogP contribution is 2.19. The van der Waals surface area contributed by atoms with Crippen molar-refractivity contribution in [2.24, 2.45) is 7.05 Å². The second-order valence-corrected chi connectivity index (χ2v) is 4.96. The maximum atomic E-state index is 12.3. The Morgan fingerprint density at radius 1 is 1.48 bits per heavy atom. The number of nitrogen functional groups attached to an aromatic ring is 1. The van der Waals surface area contributed by atoms with Crippen LogP contribution in [-0.4, -0.2) is 19.3 Å². The second kappa shape index (κ2) is 5.86. The molecule has 1 unspecified atom stereocenters. The Hall–Kier alpha value is -2.51. The van der Waals surface area contributed by atoms with Crippen LogP contribution >= 0.6 is 0 Å². The summed E-state index contributed by atoms with van der Waals surface area (Å²) < 4.78 is 2.47. The molecule has 4 N–H and O–H groups in total. The van der Waals surface area contributed by atoms with Gasteiger partial charge in [-0.05, 0) is 13.3 Å². The fourth-order valence-electron chi connectivity index (χ4n) is 2.16. The summed E-state index contributed by atoms with van der Waals surface area (Å²) in [5.74, 6) is 0.167. The first kappa shape index (κ1) is 14.9. The van der Waals surface area contributed by atoms with E-state index in [4.69, 9.17) is 5.73 Å². The molecule has 0 amide bonds. The van der Waals surface area contributed by atoms with Crippen molar-refractivity contribution in [2.45, 2.75) is 32.9 Å². The third kappa shape index (κ3) is 2.69. The van der Waals surface area contributed by atoms with Gasteiger partial charge >= 0.3 is 5.69 Å². The van der Waals surface area contributed by atoms with Crippen molar-refractivity contribution in [1.82, 2.24) is 19.3 Å². The van der Waals surface area contributed by atoms with Gasteiger partial charge in [-0.1, -0.05) is 6.92 Å². The van der Waals surface area contributed by atoms with E-state index in [1.54, 1.807) is 12.4 Å². The predicted molar refractivity (Wildman–Crippen MR) is 81.3 cm³/mol. The minimum atomic E-state index is -0.430. The minimum Gasteiger partial charge on any atom is -0.383 e. The topological polar surface area (TPSA) is 111 Å². The van der Waals surface area contributed by atoms with Crippen LogP contribution in [0.1, 0.15) is 31.9 Å². The molecule has 0 saturated carbocycles. The van der Waals surface area contributed by atoms with Gasteiger partial charge in [-0.2, -0.15) is 5.10 Å². The lowest BCUT2D eigenvalue weighted by Gasteiger charge is -2.18. The molecule has 0 aliphatic heterocycles. The highest BCUT2D eigenvalue weighted by Gasteiger charge is 2.17. The summed E-state index contributed by atoms with van der Waals surface area (Å²) in [6.07, 6.45) is 4.15. The number of nitrogens with zero attached hydrogens (tertiary/aromatic N) is 3. The lowest BCUT2D eigenvalue weighted by molar-refractivity contribution is 0.599. The van der Waals surface area contributed by atoms with E-state index >= 15 is 0 Å². The van der Waals surface area contributed by atoms with Crippen LogP contribution in [-0.2, 0) is 13.6 Å². The molecule has 8 heteroatoms. The number of nitrogens with two attached hydrogens (primary N) is 1. The number of aromatic amines is 1. The SMILES string of the molecule is CCCn1c(N)c(NC(C)c2cn[nH]c2)c(=O)n(C)c1=O. The number of aromatic nitrogens is 4. The van der Waals surface area contributed by atoms with Gasteiger partial charge in [0.1, 0.15) is 11.5 Å². The maximum absolute atomic E-state index is 12.3. The number of rotatable bonds is 5. The normalized spacial score (nSPS) is 12.3. The van der Waals surface area contributed by atoms with Gasteiger partial charge in [-0.25, -0.2) is 4.79 Å². The van der Waals surface area contributed by atoms with Crippen molar-refractivity contribution < 1.29 is 0 Å². The van der Waals surface area contributed by atoms with E-state index < -0.39 is 11.2 Å². The highest BCUT2D eigenvalue weighted by molar-refractivity contribution is 5.61. The highest BCUT2D eigenvalue weighted by atomic mass is 16.2. The monoisotopic (exact) mass is 292 g/mol. The average Bonchev–Trinajstić information content (AvgIpc) is 3.00. The first-order valence-electron chi connectivity index (χ1n) is 6.81. The molecule has 1 atom stereocenters. The first-order chi connectivity index (χ1) is 9.97. The molecular weight excluding hydrogens is 272 g/mol. The van der Waals surface area contributed by atoms with E-state index in [2.05, 4.69) is 15.5 Å². The number of hydrogen-bond donors (Lipinski definition) is 3. The summed E-state index contributed by atoms with van der Waals surface area (Å²) in [7, 11) is 1.45. The molecule has 2 heterocycles. The maximum Gasteiger partial charge on any atom is 0.332 e. The summed E-state index contributed by atoms with van der Waals surface area (Å²) >= 11 is 0. The van der Waals surface area contributed by atoms with Crippen LogP contribution in [0, 0.1) is 0 Å². The molecular formula is C13H20N6O2. The first-order valence-corrected chi connectivity index (χ1v) is 6.81. The Morgan fingerprint density at radius 2 is 2.19 bits per heavy atom. The van der Waals surface area contributed by atoms with Gasteiger partial charge in [0.05, 0.1) is 12.2 Å². The van der Waals surface area contributed by atoms with Gasteiger partial charge in [0, 0.05) is 25.4 Å². The van der Waals surface area contributed by atoms with Crippen LogP contribution in [0.25, 0.3) is 0 Å². The summed E-state index contributed by atoms with van der Waals surface area (Å²) in [6, 6.07) is -0.161. The molecule has 2 aromatic rings. The zero-order chi connectivity index (χ0) is 15.6. The molecule has 0 aliphatic carbocycles. The van der Waals surface area contributed by atoms with Crippen molar-refractivity contribution in [3.05, 3.63) is 38.8 Å². The Labute approximate surface area is 121 Å². The van der Waals surface area contributed by atoms with Crippen LogP contribution < -0.4 is 22.3 Å². The van der Waals surface area contributed by atoms with Crippen molar-refractivity contribution in [3.63, 3.8) is 0 Å². The lowest BCUT2D eigenvalue weighted by atomic mass is 10.2. The number of H-pyrrole nitrogens is 1. The van der Waals surface area contributed by atoms with E-state index in [1.807, 2.05) is 13.8 Å². The van der Waals surface area contributed by atoms with Crippen molar-refractivity contribution in [1.29, 1.82) is 0 Å². The van der Waals surface area contributed by atoms with Crippen LogP contribution in [0.3, 0.4) is 0 Å². The van der Waals surface area contributed by atoms with Crippen molar-refractivity contribution in [3.8, 4) is 0 Å². The number of nitrogens with one attached hydrogen (secondary N) is 2.